The van der Waals surface area contributed by atoms with E-state index in [1.54, 1.807) is 12.1 Å². The number of sulfonamides is 1. The number of halogens is 1. The van der Waals surface area contributed by atoms with Crippen LogP contribution in [0.15, 0.2) is 41.1 Å². The van der Waals surface area contributed by atoms with E-state index in [1.807, 2.05) is 6.07 Å². The summed E-state index contributed by atoms with van der Waals surface area (Å²) < 4.78 is 39.9. The lowest BCUT2D eigenvalue weighted by Gasteiger charge is -2.29. The topological polar surface area (TPSA) is 74.7 Å². The van der Waals surface area contributed by atoms with Crippen LogP contribution in [-0.4, -0.2) is 30.3 Å². The molecule has 0 bridgehead atoms. The smallest absolute Gasteiger partial charge is 0.307 e. The minimum atomic E-state index is -3.62. The Morgan fingerprint density at radius 2 is 1.96 bits per heavy atom. The number of rotatable bonds is 4. The van der Waals surface area contributed by atoms with Crippen LogP contribution in [0.4, 0.5) is 4.39 Å². The zero-order chi connectivity index (χ0) is 17.3. The van der Waals surface area contributed by atoms with Crippen molar-refractivity contribution in [1.29, 1.82) is 0 Å². The first-order valence-electron chi connectivity index (χ1n) is 7.74. The van der Waals surface area contributed by atoms with Crippen molar-refractivity contribution in [3.63, 3.8) is 0 Å². The molecule has 7 heteroatoms. The van der Waals surface area contributed by atoms with Crippen LogP contribution in [0, 0.1) is 0 Å². The molecule has 1 aromatic rings. The van der Waals surface area contributed by atoms with E-state index in [2.05, 4.69) is 0 Å². The number of hydrogen-bond acceptors (Lipinski definition) is 3. The van der Waals surface area contributed by atoms with Gasteiger partial charge in [-0.3, -0.25) is 4.79 Å². The summed E-state index contributed by atoms with van der Waals surface area (Å²) in [5.74, 6) is -1.23. The number of carbonyl (C=O) groups is 1. The second-order valence-electron chi connectivity index (χ2n) is 6.01. The second-order valence-corrected chi connectivity index (χ2v) is 8.00. The van der Waals surface area contributed by atoms with E-state index in [9.17, 15) is 17.6 Å². The van der Waals surface area contributed by atoms with Crippen LogP contribution in [0.1, 0.15) is 29.5 Å². The summed E-state index contributed by atoms with van der Waals surface area (Å²) in [5, 5.41) is 8.89. The maximum atomic E-state index is 13.1. The van der Waals surface area contributed by atoms with Gasteiger partial charge in [0.25, 0.3) is 0 Å². The van der Waals surface area contributed by atoms with Crippen molar-refractivity contribution < 1.29 is 22.7 Å². The van der Waals surface area contributed by atoms with E-state index < -0.39 is 16.0 Å². The van der Waals surface area contributed by atoms with E-state index >= 15 is 0 Å². The lowest BCUT2D eigenvalue weighted by molar-refractivity contribution is -0.136. The molecule has 1 aliphatic carbocycles. The van der Waals surface area contributed by atoms with Gasteiger partial charge in [-0.05, 0) is 41.7 Å². The van der Waals surface area contributed by atoms with Gasteiger partial charge in [0.05, 0.1) is 11.3 Å². The Hall–Kier alpha value is -1.99. The quantitative estimate of drug-likeness (QED) is 0.905. The maximum Gasteiger partial charge on any atom is 0.307 e. The van der Waals surface area contributed by atoms with Gasteiger partial charge in [-0.1, -0.05) is 18.2 Å². The number of carboxylic acids is 1. The lowest BCUT2D eigenvalue weighted by atomic mass is 9.97. The molecular weight excluding hydrogens is 333 g/mol. The molecule has 0 amide bonds. The number of allylic oxidation sites excluding steroid dienone is 4. The highest BCUT2D eigenvalue weighted by molar-refractivity contribution is 7.93. The van der Waals surface area contributed by atoms with Crippen LogP contribution >= 0.6 is 0 Å². The van der Waals surface area contributed by atoms with E-state index in [0.717, 1.165) is 11.1 Å². The first-order chi connectivity index (χ1) is 11.4. The molecule has 1 aromatic carbocycles. The maximum absolute atomic E-state index is 13.1. The summed E-state index contributed by atoms with van der Waals surface area (Å²) in [4.78, 5) is 11.1. The molecule has 5 nitrogen and oxygen atoms in total. The van der Waals surface area contributed by atoms with Crippen molar-refractivity contribution in [3.05, 3.63) is 57.8 Å². The fraction of sp³-hybridized carbons (Fsp3) is 0.353. The number of benzene rings is 1. The SMILES string of the molecule is O=C(O)Cc1ccc2c(c1)CN(S(=O)(=O)C1=CC=C(F)CC1)CC2. The van der Waals surface area contributed by atoms with Gasteiger partial charge in [-0.25, -0.2) is 12.8 Å². The van der Waals surface area contributed by atoms with E-state index in [0.29, 0.717) is 18.5 Å². The molecule has 0 atom stereocenters. The average Bonchev–Trinajstić information content (AvgIpc) is 2.54. The van der Waals surface area contributed by atoms with E-state index in [4.69, 9.17) is 5.11 Å². The number of carboxylic acid groups (broad SMARTS) is 1. The molecule has 1 N–H and O–H groups in total. The molecule has 0 saturated heterocycles. The molecule has 0 spiro atoms. The molecule has 0 saturated carbocycles. The van der Waals surface area contributed by atoms with Crippen LogP contribution in [-0.2, 0) is 34.2 Å². The molecular formula is C17H18FNO4S. The molecule has 0 aromatic heterocycles. The fourth-order valence-corrected chi connectivity index (χ4v) is 4.62. The minimum Gasteiger partial charge on any atom is -0.481 e. The van der Waals surface area contributed by atoms with Gasteiger partial charge in [0.1, 0.15) is 5.83 Å². The first-order valence-corrected chi connectivity index (χ1v) is 9.18. The first kappa shape index (κ1) is 16.9. The summed E-state index contributed by atoms with van der Waals surface area (Å²) in [6.07, 6.45) is 3.32. The van der Waals surface area contributed by atoms with Crippen molar-refractivity contribution in [2.24, 2.45) is 0 Å². The Balaban J connectivity index is 1.85. The summed E-state index contributed by atoms with van der Waals surface area (Å²) in [6.45, 7) is 0.589. The van der Waals surface area contributed by atoms with E-state index in [-0.39, 0.29) is 36.5 Å². The lowest BCUT2D eigenvalue weighted by Crippen LogP contribution is -2.37. The molecule has 24 heavy (non-hydrogen) atoms. The largest absolute Gasteiger partial charge is 0.481 e. The van der Waals surface area contributed by atoms with Gasteiger partial charge in [-0.15, -0.1) is 0 Å². The van der Waals surface area contributed by atoms with Crippen molar-refractivity contribution in [2.75, 3.05) is 6.54 Å². The molecule has 0 radical (unpaired) electrons. The van der Waals surface area contributed by atoms with Crippen LogP contribution in [0.5, 0.6) is 0 Å². The minimum absolute atomic E-state index is 0.0880. The highest BCUT2D eigenvalue weighted by atomic mass is 32.2. The predicted octanol–water partition coefficient (Wildman–Crippen LogP) is 2.53. The zero-order valence-electron chi connectivity index (χ0n) is 13.0. The number of hydrogen-bond donors (Lipinski definition) is 1. The van der Waals surface area contributed by atoms with Crippen molar-refractivity contribution in [2.45, 2.75) is 32.2 Å². The van der Waals surface area contributed by atoms with Gasteiger partial charge in [-0.2, -0.15) is 4.31 Å². The van der Waals surface area contributed by atoms with E-state index in [1.165, 1.54) is 16.5 Å². The Kier molecular flexibility index (Phi) is 4.56. The summed E-state index contributed by atoms with van der Waals surface area (Å²) >= 11 is 0. The number of fused-ring (bicyclic) bond motifs is 1. The number of nitrogens with zero attached hydrogens (tertiary/aromatic N) is 1. The molecule has 3 rings (SSSR count). The van der Waals surface area contributed by atoms with Crippen molar-refractivity contribution >= 4 is 16.0 Å². The standard InChI is InChI=1S/C17H18FNO4S/c18-15-3-5-16(6-4-15)24(22,23)19-8-7-13-2-1-12(10-17(20)21)9-14(13)11-19/h1-3,5,9H,4,6-8,10-11H2,(H,20,21). The Morgan fingerprint density at radius 3 is 2.62 bits per heavy atom. The third-order valence-corrected chi connectivity index (χ3v) is 6.33. The summed E-state index contributed by atoms with van der Waals surface area (Å²) in [6, 6.07) is 5.41. The van der Waals surface area contributed by atoms with Crippen LogP contribution in [0.3, 0.4) is 0 Å². The van der Waals surface area contributed by atoms with Crippen LogP contribution in [0.2, 0.25) is 0 Å². The molecule has 1 heterocycles. The molecule has 1 aliphatic heterocycles. The molecule has 0 fully saturated rings. The van der Waals surface area contributed by atoms with Gasteiger partial charge in [0, 0.05) is 19.5 Å². The molecule has 0 unspecified atom stereocenters. The normalized spacial score (nSPS) is 18.5. The van der Waals surface area contributed by atoms with Crippen molar-refractivity contribution in [3.8, 4) is 0 Å². The summed E-state index contributed by atoms with van der Waals surface area (Å²) in [5.41, 5.74) is 2.53. The monoisotopic (exact) mass is 351 g/mol. The van der Waals surface area contributed by atoms with Crippen LogP contribution in [0.25, 0.3) is 0 Å². The average molecular weight is 351 g/mol. The zero-order valence-corrected chi connectivity index (χ0v) is 13.9. The Morgan fingerprint density at radius 1 is 1.17 bits per heavy atom. The van der Waals surface area contributed by atoms with Gasteiger partial charge >= 0.3 is 5.97 Å². The van der Waals surface area contributed by atoms with Gasteiger partial charge in [0.15, 0.2) is 0 Å². The predicted molar refractivity (Wildman–Crippen MR) is 87.3 cm³/mol. The molecule has 128 valence electrons. The fourth-order valence-electron chi connectivity index (χ4n) is 3.05. The Labute approximate surface area is 140 Å². The third-order valence-electron chi connectivity index (χ3n) is 4.33. The van der Waals surface area contributed by atoms with Crippen molar-refractivity contribution in [1.82, 2.24) is 4.31 Å². The summed E-state index contributed by atoms with van der Waals surface area (Å²) in [7, 11) is -3.62. The number of aliphatic carboxylic acids is 1. The second kappa shape index (κ2) is 6.49. The highest BCUT2D eigenvalue weighted by Crippen LogP contribution is 2.29. The van der Waals surface area contributed by atoms with Gasteiger partial charge < -0.3 is 5.11 Å². The van der Waals surface area contributed by atoms with Gasteiger partial charge in [0.2, 0.25) is 10.0 Å². The third kappa shape index (κ3) is 3.42. The Bertz CT molecular complexity index is 842. The highest BCUT2D eigenvalue weighted by Gasteiger charge is 2.30. The van der Waals surface area contributed by atoms with Crippen LogP contribution < -0.4 is 0 Å². The molecule has 2 aliphatic rings.